The molecule has 1 fully saturated rings. The Morgan fingerprint density at radius 2 is 2.27 bits per heavy atom. The molecular weight excluding hydrogens is 280 g/mol. The van der Waals surface area contributed by atoms with E-state index in [2.05, 4.69) is 45.4 Å². The van der Waals surface area contributed by atoms with Crippen molar-refractivity contribution in [3.8, 4) is 0 Å². The number of hydrazine groups is 2. The molecule has 1 rings (SSSR count). The Balaban J connectivity index is 2.62. The number of aliphatic imine (C=N–C) groups is 1. The fraction of sp³-hybridized carbons (Fsp3) is 0.733. The van der Waals surface area contributed by atoms with E-state index < -0.39 is 0 Å². The van der Waals surface area contributed by atoms with Crippen LogP contribution in [0.1, 0.15) is 40.0 Å². The molecule has 1 unspecified atom stereocenters. The Kier molecular flexibility index (Phi) is 8.72. The van der Waals surface area contributed by atoms with Gasteiger partial charge in [-0.3, -0.25) is 10.2 Å². The van der Waals surface area contributed by atoms with Crippen LogP contribution < -0.4 is 21.6 Å². The van der Waals surface area contributed by atoms with E-state index in [4.69, 9.17) is 0 Å². The lowest BCUT2D eigenvalue weighted by atomic mass is 10.1. The Hall–Kier alpha value is -1.44. The van der Waals surface area contributed by atoms with E-state index >= 15 is 0 Å². The quantitative estimate of drug-likeness (QED) is 0.369. The Bertz CT molecular complexity index is 407. The number of piperidine rings is 1. The van der Waals surface area contributed by atoms with Crippen LogP contribution in [0.3, 0.4) is 0 Å². The summed E-state index contributed by atoms with van der Waals surface area (Å²) in [7, 11) is 1.82. The molecule has 0 bridgehead atoms. The predicted molar refractivity (Wildman–Crippen MR) is 90.1 cm³/mol. The summed E-state index contributed by atoms with van der Waals surface area (Å²) in [5.74, 6) is 0.961. The van der Waals surface area contributed by atoms with E-state index in [9.17, 15) is 4.79 Å². The third kappa shape index (κ3) is 6.13. The van der Waals surface area contributed by atoms with E-state index in [1.807, 2.05) is 20.2 Å². The van der Waals surface area contributed by atoms with Crippen molar-refractivity contribution in [2.24, 2.45) is 4.99 Å². The molecule has 0 aromatic carbocycles. The molecule has 0 saturated carbocycles. The second-order valence-electron chi connectivity index (χ2n) is 5.34. The molecule has 7 nitrogen and oxygen atoms in total. The first-order valence-electron chi connectivity index (χ1n) is 8.04. The summed E-state index contributed by atoms with van der Waals surface area (Å²) in [6.45, 7) is 8.50. The standard InChI is InChI=1S/C15H30N6O/c1-5-8-18-15(20-16-4)12(3)11-19-21(6-2)13-7-9-17-14(22)10-13/h8,13,16,19-20H,5-7,9-11H2,1-4H3,(H,17,22)/b15-12+,18-8?. The number of carbonyl (C=O) groups excluding carboxylic acids is 1. The Morgan fingerprint density at radius 1 is 1.50 bits per heavy atom. The SMILES string of the molecule is CCC=N/C(NNC)=C(/C)CNN(CC)C1CCNC(=O)C1. The van der Waals surface area contributed by atoms with E-state index in [1.165, 1.54) is 0 Å². The highest BCUT2D eigenvalue weighted by Gasteiger charge is 2.24. The second kappa shape index (κ2) is 10.3. The third-order valence-electron chi connectivity index (χ3n) is 3.60. The van der Waals surface area contributed by atoms with Crippen molar-refractivity contribution in [2.75, 3.05) is 26.7 Å². The maximum Gasteiger partial charge on any atom is 0.221 e. The number of amides is 1. The van der Waals surface area contributed by atoms with Gasteiger partial charge in [-0.25, -0.2) is 15.4 Å². The molecule has 0 aliphatic carbocycles. The maximum atomic E-state index is 11.5. The Morgan fingerprint density at radius 3 is 2.86 bits per heavy atom. The summed E-state index contributed by atoms with van der Waals surface area (Å²) in [5.41, 5.74) is 10.5. The zero-order valence-corrected chi connectivity index (χ0v) is 14.2. The number of hydrogen-bond acceptors (Lipinski definition) is 6. The summed E-state index contributed by atoms with van der Waals surface area (Å²) in [6.07, 6.45) is 4.31. The van der Waals surface area contributed by atoms with Crippen LogP contribution in [0.4, 0.5) is 0 Å². The van der Waals surface area contributed by atoms with Gasteiger partial charge in [0, 0.05) is 45.4 Å². The van der Waals surface area contributed by atoms with Crippen LogP contribution in [0.5, 0.6) is 0 Å². The first kappa shape index (κ1) is 18.6. The van der Waals surface area contributed by atoms with Gasteiger partial charge in [0.1, 0.15) is 5.82 Å². The molecule has 0 spiro atoms. The van der Waals surface area contributed by atoms with Crippen molar-refractivity contribution in [3.63, 3.8) is 0 Å². The lowest BCUT2D eigenvalue weighted by Crippen LogP contribution is -2.51. The first-order valence-corrected chi connectivity index (χ1v) is 8.04. The van der Waals surface area contributed by atoms with Crippen LogP contribution in [0, 0.1) is 0 Å². The normalized spacial score (nSPS) is 20.2. The highest BCUT2D eigenvalue weighted by molar-refractivity contribution is 5.77. The summed E-state index contributed by atoms with van der Waals surface area (Å²) in [4.78, 5) is 15.9. The molecule has 0 radical (unpaired) electrons. The molecular formula is C15H30N6O. The van der Waals surface area contributed by atoms with Gasteiger partial charge in [0.25, 0.3) is 0 Å². The topological polar surface area (TPSA) is 80.8 Å². The van der Waals surface area contributed by atoms with Gasteiger partial charge in [-0.1, -0.05) is 13.8 Å². The molecule has 4 N–H and O–H groups in total. The minimum atomic E-state index is 0.133. The largest absolute Gasteiger partial charge is 0.356 e. The van der Waals surface area contributed by atoms with Crippen molar-refractivity contribution < 1.29 is 4.79 Å². The minimum Gasteiger partial charge on any atom is -0.356 e. The van der Waals surface area contributed by atoms with Crippen molar-refractivity contribution in [2.45, 2.75) is 46.1 Å². The molecule has 7 heteroatoms. The first-order chi connectivity index (χ1) is 10.6. The lowest BCUT2D eigenvalue weighted by molar-refractivity contribution is -0.124. The number of rotatable bonds is 9. The third-order valence-corrected chi connectivity index (χ3v) is 3.60. The summed E-state index contributed by atoms with van der Waals surface area (Å²) >= 11 is 0. The zero-order valence-electron chi connectivity index (χ0n) is 14.2. The average molecular weight is 310 g/mol. The van der Waals surface area contributed by atoms with Crippen molar-refractivity contribution in [1.29, 1.82) is 0 Å². The Labute approximate surface area is 133 Å². The summed E-state index contributed by atoms with van der Waals surface area (Å²) in [6, 6.07) is 0.256. The van der Waals surface area contributed by atoms with Crippen molar-refractivity contribution in [1.82, 2.24) is 26.6 Å². The molecule has 1 amide bonds. The molecule has 1 saturated heterocycles. The van der Waals surface area contributed by atoms with Crippen LogP contribution in [-0.4, -0.2) is 49.9 Å². The van der Waals surface area contributed by atoms with Crippen LogP contribution >= 0.6 is 0 Å². The fourth-order valence-electron chi connectivity index (χ4n) is 2.39. The van der Waals surface area contributed by atoms with Gasteiger partial charge in [0.05, 0.1) is 0 Å². The maximum absolute atomic E-state index is 11.5. The van der Waals surface area contributed by atoms with Crippen LogP contribution in [0.25, 0.3) is 0 Å². The van der Waals surface area contributed by atoms with Gasteiger partial charge < -0.3 is 10.7 Å². The monoisotopic (exact) mass is 310 g/mol. The van der Waals surface area contributed by atoms with Gasteiger partial charge in [-0.05, 0) is 25.3 Å². The molecule has 0 aromatic heterocycles. The van der Waals surface area contributed by atoms with E-state index in [-0.39, 0.29) is 11.9 Å². The number of hydrogen-bond donors (Lipinski definition) is 4. The van der Waals surface area contributed by atoms with Gasteiger partial charge >= 0.3 is 0 Å². The predicted octanol–water partition coefficient (Wildman–Crippen LogP) is 0.528. The second-order valence-corrected chi connectivity index (χ2v) is 5.34. The fourth-order valence-corrected chi connectivity index (χ4v) is 2.39. The molecule has 1 aliphatic rings. The van der Waals surface area contributed by atoms with Gasteiger partial charge in [-0.15, -0.1) is 0 Å². The number of nitrogens with zero attached hydrogens (tertiary/aromatic N) is 2. The summed E-state index contributed by atoms with van der Waals surface area (Å²) in [5, 5.41) is 5.03. The molecule has 126 valence electrons. The summed E-state index contributed by atoms with van der Waals surface area (Å²) < 4.78 is 0. The van der Waals surface area contributed by atoms with Gasteiger partial charge in [0.2, 0.25) is 5.91 Å². The van der Waals surface area contributed by atoms with Crippen LogP contribution in [-0.2, 0) is 4.79 Å². The highest BCUT2D eigenvalue weighted by atomic mass is 16.1. The van der Waals surface area contributed by atoms with Gasteiger partial charge in [-0.2, -0.15) is 0 Å². The highest BCUT2D eigenvalue weighted by Crippen LogP contribution is 2.11. The van der Waals surface area contributed by atoms with Crippen molar-refractivity contribution in [3.05, 3.63) is 11.4 Å². The average Bonchev–Trinajstić information content (AvgIpc) is 2.52. The number of nitrogens with one attached hydrogen (secondary N) is 4. The van der Waals surface area contributed by atoms with E-state index in [0.29, 0.717) is 13.0 Å². The molecule has 1 heterocycles. The lowest BCUT2D eigenvalue weighted by Gasteiger charge is -2.33. The van der Waals surface area contributed by atoms with Gasteiger partial charge in [0.15, 0.2) is 0 Å². The van der Waals surface area contributed by atoms with Crippen molar-refractivity contribution >= 4 is 12.1 Å². The zero-order chi connectivity index (χ0) is 16.4. The molecule has 1 aliphatic heterocycles. The van der Waals surface area contributed by atoms with Crippen LogP contribution in [0.15, 0.2) is 16.4 Å². The van der Waals surface area contributed by atoms with Crippen LogP contribution in [0.2, 0.25) is 0 Å². The minimum absolute atomic E-state index is 0.133. The smallest absolute Gasteiger partial charge is 0.221 e. The molecule has 0 aromatic rings. The molecule has 1 atom stereocenters. The van der Waals surface area contributed by atoms with E-state index in [1.54, 1.807) is 0 Å². The number of carbonyl (C=O) groups is 1. The van der Waals surface area contributed by atoms with E-state index in [0.717, 1.165) is 37.3 Å². The molecule has 22 heavy (non-hydrogen) atoms.